The van der Waals surface area contributed by atoms with Gasteiger partial charge in [0, 0.05) is 19.3 Å². The molecular formula is C56H68O9. The zero-order valence-corrected chi connectivity index (χ0v) is 38.6. The SMILES string of the molecule is C=CCC/C=C/C#CC#CC(O)CCCCCCC(=O)O[C@@H](COC(=O)CCC#CC#C[C@H]1O[C@@H]1CCC/C=C\C=C/CC)OC(=O)CCC#CC#C[C@H]1O[C@@H]1CCC/C=C\C=C/CC. The molecular weight excluding hydrogens is 817 g/mol. The minimum Gasteiger partial charge on any atom is -0.458 e. The number of esters is 3. The number of allylic oxidation sites excluding steroid dienone is 11. The van der Waals surface area contributed by atoms with E-state index in [1.165, 1.54) is 0 Å². The molecule has 9 nitrogen and oxygen atoms in total. The summed E-state index contributed by atoms with van der Waals surface area (Å²) in [6.45, 7) is 7.42. The number of rotatable bonds is 30. The quantitative estimate of drug-likeness (QED) is 0.0143. The van der Waals surface area contributed by atoms with Gasteiger partial charge in [-0.25, -0.2) is 0 Å². The second-order valence-electron chi connectivity index (χ2n) is 15.1. The fraction of sp³-hybridized carbons (Fsp3) is 0.518. The Bertz CT molecular complexity index is 1980. The first-order chi connectivity index (χ1) is 31.9. The van der Waals surface area contributed by atoms with E-state index in [-0.39, 0.29) is 56.5 Å². The Morgan fingerprint density at radius 2 is 1.20 bits per heavy atom. The van der Waals surface area contributed by atoms with Crippen molar-refractivity contribution in [3.05, 3.63) is 73.4 Å². The van der Waals surface area contributed by atoms with Gasteiger partial charge in [0.15, 0.2) is 6.61 Å². The second kappa shape index (κ2) is 38.5. The minimum atomic E-state index is -1.42. The standard InChI is InChI=1S/C56H68O9/c1-4-7-10-13-16-19-20-29-38-48(57)39-30-23-26-36-45-54(59)64-56(65-55(60)46-37-28-25-34-43-52-50(63-52)41-32-22-18-15-12-9-6-3)47-61-53(58)44-35-27-24-33-42-51-49(62-51)40-31-21-17-14-11-8-5-2/h4,8-9,11-18,48-52,56-57H,1,5-7,10,21-23,26,30-32,35-37,39-41,44-47H2,2-3H3/b11-8-,12-9-,16-13+,17-14-,18-15-/t48?,49-,50-,51-,52-,56-/m1/s1. The second-order valence-corrected chi connectivity index (χ2v) is 15.1. The lowest BCUT2D eigenvalue weighted by atomic mass is 10.1. The number of carbonyl (C=O) groups excluding carboxylic acids is 3. The van der Waals surface area contributed by atoms with Crippen LogP contribution in [0, 0.1) is 71.0 Å². The Labute approximate surface area is 390 Å². The van der Waals surface area contributed by atoms with E-state index in [1.54, 1.807) is 6.08 Å². The lowest BCUT2D eigenvalue weighted by molar-refractivity contribution is -0.199. The molecule has 2 aliphatic rings. The summed E-state index contributed by atoms with van der Waals surface area (Å²) in [6, 6.07) is 0. The van der Waals surface area contributed by atoms with Crippen molar-refractivity contribution >= 4 is 17.9 Å². The number of ether oxygens (including phenoxy) is 5. The number of carbonyl (C=O) groups is 3. The fourth-order valence-corrected chi connectivity index (χ4v) is 5.71. The highest BCUT2D eigenvalue weighted by molar-refractivity contribution is 5.72. The number of unbranched alkanes of at least 4 members (excludes halogenated alkanes) is 6. The van der Waals surface area contributed by atoms with Crippen molar-refractivity contribution in [2.45, 2.75) is 179 Å². The predicted octanol–water partition coefficient (Wildman–Crippen LogP) is 9.67. The fourth-order valence-electron chi connectivity index (χ4n) is 5.71. The van der Waals surface area contributed by atoms with Gasteiger partial charge in [0.2, 0.25) is 0 Å². The Kier molecular flexibility index (Phi) is 32.7. The van der Waals surface area contributed by atoms with Crippen molar-refractivity contribution in [3.63, 3.8) is 0 Å². The van der Waals surface area contributed by atoms with Crippen LogP contribution in [0.2, 0.25) is 0 Å². The van der Waals surface area contributed by atoms with E-state index < -0.39 is 36.9 Å². The number of aliphatic hydroxyl groups excluding tert-OH is 1. The molecule has 0 aliphatic carbocycles. The minimum absolute atomic E-state index is 0.0220. The molecule has 1 N–H and O–H groups in total. The van der Waals surface area contributed by atoms with Gasteiger partial charge in [-0.1, -0.05) is 123 Å². The third kappa shape index (κ3) is 33.3. The van der Waals surface area contributed by atoms with E-state index in [0.717, 1.165) is 77.0 Å². The van der Waals surface area contributed by atoms with E-state index in [2.05, 4.69) is 140 Å². The molecule has 0 aromatic heterocycles. The Morgan fingerprint density at radius 1 is 0.631 bits per heavy atom. The van der Waals surface area contributed by atoms with Crippen LogP contribution in [0.15, 0.2) is 73.4 Å². The van der Waals surface area contributed by atoms with Gasteiger partial charge < -0.3 is 28.8 Å². The molecule has 0 bridgehead atoms. The highest BCUT2D eigenvalue weighted by Crippen LogP contribution is 2.27. The van der Waals surface area contributed by atoms with Crippen LogP contribution >= 0.6 is 0 Å². The topological polar surface area (TPSA) is 124 Å². The van der Waals surface area contributed by atoms with Crippen molar-refractivity contribution in [2.24, 2.45) is 0 Å². The maximum absolute atomic E-state index is 12.7. The van der Waals surface area contributed by atoms with E-state index >= 15 is 0 Å². The largest absolute Gasteiger partial charge is 0.458 e. The maximum Gasteiger partial charge on any atom is 0.309 e. The smallest absolute Gasteiger partial charge is 0.309 e. The Hall–Kier alpha value is -5.91. The lowest BCUT2D eigenvalue weighted by Gasteiger charge is -2.18. The molecule has 0 amide bonds. The van der Waals surface area contributed by atoms with Crippen LogP contribution in [0.25, 0.3) is 0 Å². The molecule has 0 aromatic rings. The monoisotopic (exact) mass is 884 g/mol. The third-order valence-corrected chi connectivity index (χ3v) is 9.39. The van der Waals surface area contributed by atoms with Crippen molar-refractivity contribution in [1.29, 1.82) is 0 Å². The van der Waals surface area contributed by atoms with Crippen LogP contribution in [-0.4, -0.2) is 66.4 Å². The van der Waals surface area contributed by atoms with Gasteiger partial charge in [0.25, 0.3) is 6.29 Å². The maximum atomic E-state index is 12.7. The third-order valence-electron chi connectivity index (χ3n) is 9.39. The molecule has 346 valence electrons. The summed E-state index contributed by atoms with van der Waals surface area (Å²) < 4.78 is 27.3. The Balaban J connectivity index is 1.76. The van der Waals surface area contributed by atoms with Crippen molar-refractivity contribution < 1.29 is 43.2 Å². The van der Waals surface area contributed by atoms with Crippen molar-refractivity contribution in [3.8, 4) is 71.0 Å². The van der Waals surface area contributed by atoms with E-state index in [0.29, 0.717) is 19.3 Å². The van der Waals surface area contributed by atoms with Crippen LogP contribution in [-0.2, 0) is 38.1 Å². The number of aliphatic hydroxyl groups is 1. The molecule has 2 rings (SSSR count). The van der Waals surface area contributed by atoms with Crippen LogP contribution in [0.4, 0.5) is 0 Å². The number of hydrogen-bond acceptors (Lipinski definition) is 9. The average Bonchev–Trinajstić information content (AvgIpc) is 4.23. The summed E-state index contributed by atoms with van der Waals surface area (Å²) >= 11 is 0. The molecule has 2 saturated heterocycles. The zero-order valence-electron chi connectivity index (χ0n) is 38.6. The molecule has 0 saturated carbocycles. The van der Waals surface area contributed by atoms with Crippen LogP contribution in [0.3, 0.4) is 0 Å². The van der Waals surface area contributed by atoms with Gasteiger partial charge in [0.1, 0.15) is 18.3 Å². The molecule has 2 aliphatic heterocycles. The molecule has 2 fully saturated rings. The highest BCUT2D eigenvalue weighted by atomic mass is 16.7. The molecule has 0 spiro atoms. The summed E-state index contributed by atoms with van der Waals surface area (Å²) in [5.74, 6) is 31.8. The lowest BCUT2D eigenvalue weighted by Crippen LogP contribution is -2.30. The zero-order chi connectivity index (χ0) is 46.8. The summed E-state index contributed by atoms with van der Waals surface area (Å²) in [5, 5.41) is 10.1. The summed E-state index contributed by atoms with van der Waals surface area (Å²) in [4.78, 5) is 37.9. The summed E-state index contributed by atoms with van der Waals surface area (Å²) in [5.41, 5.74) is 0. The van der Waals surface area contributed by atoms with Crippen molar-refractivity contribution in [2.75, 3.05) is 6.61 Å². The summed E-state index contributed by atoms with van der Waals surface area (Å²) in [7, 11) is 0. The van der Waals surface area contributed by atoms with E-state index in [1.807, 2.05) is 12.2 Å². The van der Waals surface area contributed by atoms with Crippen molar-refractivity contribution in [1.82, 2.24) is 0 Å². The molecule has 2 heterocycles. The first-order valence-corrected chi connectivity index (χ1v) is 23.3. The first-order valence-electron chi connectivity index (χ1n) is 23.3. The molecule has 0 aromatic carbocycles. The Morgan fingerprint density at radius 3 is 1.80 bits per heavy atom. The number of epoxide rings is 2. The van der Waals surface area contributed by atoms with Gasteiger partial charge >= 0.3 is 17.9 Å². The van der Waals surface area contributed by atoms with Crippen LogP contribution < -0.4 is 0 Å². The van der Waals surface area contributed by atoms with Gasteiger partial charge in [-0.15, -0.1) is 6.58 Å². The van der Waals surface area contributed by atoms with Crippen LogP contribution in [0.1, 0.15) is 142 Å². The van der Waals surface area contributed by atoms with Crippen LogP contribution in [0.5, 0.6) is 0 Å². The average molecular weight is 885 g/mol. The van der Waals surface area contributed by atoms with E-state index in [4.69, 9.17) is 23.7 Å². The number of hydrogen-bond donors (Lipinski definition) is 1. The first kappa shape index (κ1) is 55.2. The van der Waals surface area contributed by atoms with Gasteiger partial charge in [-0.05, 0) is 125 Å². The van der Waals surface area contributed by atoms with E-state index in [9.17, 15) is 19.5 Å². The molecule has 65 heavy (non-hydrogen) atoms. The predicted molar refractivity (Wildman–Crippen MR) is 257 cm³/mol. The molecule has 9 heteroatoms. The molecule has 1 unspecified atom stereocenters. The highest BCUT2D eigenvalue weighted by Gasteiger charge is 2.37. The molecule has 6 atom stereocenters. The normalized spacial score (nSPS) is 17.7. The molecule has 0 radical (unpaired) electrons. The van der Waals surface area contributed by atoms with Gasteiger partial charge in [-0.3, -0.25) is 14.4 Å². The summed E-state index contributed by atoms with van der Waals surface area (Å²) in [6.07, 6.45) is 33.5. The van der Waals surface area contributed by atoms with Gasteiger partial charge in [-0.2, -0.15) is 0 Å². The van der Waals surface area contributed by atoms with Gasteiger partial charge in [0.05, 0.1) is 25.0 Å².